The third-order valence-corrected chi connectivity index (χ3v) is 8.54. The van der Waals surface area contributed by atoms with Crippen LogP contribution in [0.3, 0.4) is 0 Å². The second-order valence-electron chi connectivity index (χ2n) is 11.0. The maximum Gasteiger partial charge on any atom is 0.321 e. The van der Waals surface area contributed by atoms with Crippen molar-refractivity contribution in [3.05, 3.63) is 119 Å². The van der Waals surface area contributed by atoms with Crippen LogP contribution in [0.4, 0.5) is 0 Å². The first-order valence-electron chi connectivity index (χ1n) is 14.7. The lowest BCUT2D eigenvalue weighted by atomic mass is 9.80. The fourth-order valence-electron chi connectivity index (χ4n) is 6.09. The van der Waals surface area contributed by atoms with Gasteiger partial charge in [0.25, 0.3) is 0 Å². The van der Waals surface area contributed by atoms with Gasteiger partial charge in [0.05, 0.1) is 35.0 Å². The van der Waals surface area contributed by atoms with E-state index >= 15 is 0 Å². The molecule has 1 heterocycles. The summed E-state index contributed by atoms with van der Waals surface area (Å²) in [6.45, 7) is 0.562. The highest BCUT2D eigenvalue weighted by molar-refractivity contribution is 5.74. The van der Waals surface area contributed by atoms with E-state index in [2.05, 4.69) is 0 Å². The van der Waals surface area contributed by atoms with Gasteiger partial charge in [0.2, 0.25) is 0 Å². The molecule has 2 N–H and O–H groups in total. The lowest BCUT2D eigenvalue weighted by Gasteiger charge is -2.37. The molecule has 5 rings (SSSR count). The number of β-amino-alcohol motifs (C(OH)–C–C–N with tert-alkyl or cyclic N) is 1. The Labute approximate surface area is 263 Å². The Morgan fingerprint density at radius 1 is 0.711 bits per heavy atom. The van der Waals surface area contributed by atoms with Crippen LogP contribution in [0.5, 0.6) is 23.0 Å². The second-order valence-corrected chi connectivity index (χ2v) is 11.0. The van der Waals surface area contributed by atoms with E-state index < -0.39 is 23.2 Å². The standard InChI is InChI=1S/C36H39NO8/c1-41-29-13-5-25(6-14-29)35(40)23-33(34(38)39)37(24-35)21-22-45-36(26-7-15-30(42-2)16-8-26,27-9-17-31(43-3)18-10-27)28-11-19-32(44-4)20-12-28/h5-20,33,40H,21-24H2,1-4H3,(H,38,39)/t33-,35-/m0/s1. The molecule has 0 unspecified atom stereocenters. The summed E-state index contributed by atoms with van der Waals surface area (Å²) >= 11 is 0. The Morgan fingerprint density at radius 3 is 1.44 bits per heavy atom. The Bertz CT molecular complexity index is 1440. The highest BCUT2D eigenvalue weighted by Crippen LogP contribution is 2.43. The fourth-order valence-corrected chi connectivity index (χ4v) is 6.09. The maximum absolute atomic E-state index is 12.4. The molecule has 0 amide bonds. The van der Waals surface area contributed by atoms with Gasteiger partial charge in [-0.25, -0.2) is 0 Å². The first-order valence-corrected chi connectivity index (χ1v) is 14.7. The molecule has 2 atom stereocenters. The van der Waals surface area contributed by atoms with Gasteiger partial charge in [-0.05, 0) is 70.8 Å². The lowest BCUT2D eigenvalue weighted by molar-refractivity contribution is -0.142. The van der Waals surface area contributed by atoms with Crippen LogP contribution in [0.15, 0.2) is 97.1 Å². The third kappa shape index (κ3) is 6.47. The van der Waals surface area contributed by atoms with E-state index in [4.69, 9.17) is 23.7 Å². The molecule has 236 valence electrons. The summed E-state index contributed by atoms with van der Waals surface area (Å²) in [5, 5.41) is 21.8. The number of likely N-dealkylation sites (tertiary alicyclic amines) is 1. The largest absolute Gasteiger partial charge is 0.497 e. The van der Waals surface area contributed by atoms with Gasteiger partial charge in [0, 0.05) is 19.5 Å². The Morgan fingerprint density at radius 2 is 1.09 bits per heavy atom. The second kappa shape index (κ2) is 13.6. The van der Waals surface area contributed by atoms with Crippen LogP contribution in [-0.2, 0) is 20.7 Å². The number of hydrogen-bond donors (Lipinski definition) is 2. The number of aliphatic hydroxyl groups is 1. The van der Waals surface area contributed by atoms with Gasteiger partial charge < -0.3 is 33.9 Å². The number of rotatable bonds is 13. The minimum absolute atomic E-state index is 0.0508. The summed E-state index contributed by atoms with van der Waals surface area (Å²) < 4.78 is 28.5. The van der Waals surface area contributed by atoms with E-state index in [1.807, 2.05) is 72.8 Å². The fraction of sp³-hybridized carbons (Fsp3) is 0.306. The van der Waals surface area contributed by atoms with E-state index in [-0.39, 0.29) is 26.1 Å². The summed E-state index contributed by atoms with van der Waals surface area (Å²) in [6.07, 6.45) is 0.0508. The lowest BCUT2D eigenvalue weighted by Crippen LogP contribution is -2.41. The Kier molecular flexibility index (Phi) is 9.63. The van der Waals surface area contributed by atoms with Gasteiger partial charge in [0.15, 0.2) is 0 Å². The minimum Gasteiger partial charge on any atom is -0.497 e. The molecule has 45 heavy (non-hydrogen) atoms. The molecule has 0 spiro atoms. The molecule has 0 aromatic heterocycles. The third-order valence-electron chi connectivity index (χ3n) is 8.54. The number of methoxy groups -OCH3 is 4. The summed E-state index contributed by atoms with van der Waals surface area (Å²) in [7, 11) is 6.43. The van der Waals surface area contributed by atoms with Crippen LogP contribution in [0.25, 0.3) is 0 Å². The van der Waals surface area contributed by atoms with Gasteiger partial charge in [0.1, 0.15) is 40.2 Å². The summed E-state index contributed by atoms with van der Waals surface area (Å²) in [5.74, 6) is 1.78. The van der Waals surface area contributed by atoms with Crippen LogP contribution in [0.1, 0.15) is 28.7 Å². The molecule has 4 aromatic carbocycles. The average molecular weight is 614 g/mol. The van der Waals surface area contributed by atoms with Gasteiger partial charge in [-0.1, -0.05) is 48.5 Å². The monoisotopic (exact) mass is 613 g/mol. The number of ether oxygens (including phenoxy) is 5. The molecule has 0 saturated carbocycles. The SMILES string of the molecule is COc1ccc(C(OCCN2C[C@](O)(c3ccc(OC)cc3)C[C@H]2C(=O)O)(c2ccc(OC)cc2)c2ccc(OC)cc2)cc1. The Hall–Kier alpha value is -4.57. The zero-order valence-corrected chi connectivity index (χ0v) is 25.9. The number of carboxylic acids is 1. The van der Waals surface area contributed by atoms with Crippen molar-refractivity contribution in [3.63, 3.8) is 0 Å². The van der Waals surface area contributed by atoms with E-state index in [1.165, 1.54) is 0 Å². The highest BCUT2D eigenvalue weighted by atomic mass is 16.5. The number of nitrogens with zero attached hydrogens (tertiary/aromatic N) is 1. The molecule has 9 heteroatoms. The van der Waals surface area contributed by atoms with Crippen molar-refractivity contribution >= 4 is 5.97 Å². The normalized spacial score (nSPS) is 18.4. The van der Waals surface area contributed by atoms with Crippen LogP contribution in [-0.4, -0.2) is 75.3 Å². The quantitative estimate of drug-likeness (QED) is 0.200. The average Bonchev–Trinajstić information content (AvgIpc) is 3.44. The molecule has 9 nitrogen and oxygen atoms in total. The molecule has 0 aliphatic carbocycles. The van der Waals surface area contributed by atoms with Crippen molar-refractivity contribution in [1.29, 1.82) is 0 Å². The number of benzene rings is 4. The van der Waals surface area contributed by atoms with Crippen LogP contribution in [0, 0.1) is 0 Å². The van der Waals surface area contributed by atoms with Gasteiger partial charge in [-0.2, -0.15) is 0 Å². The molecular formula is C36H39NO8. The number of hydrogen-bond acceptors (Lipinski definition) is 8. The maximum atomic E-state index is 12.4. The van der Waals surface area contributed by atoms with E-state index in [9.17, 15) is 15.0 Å². The van der Waals surface area contributed by atoms with Crippen LogP contribution in [0.2, 0.25) is 0 Å². The van der Waals surface area contributed by atoms with Crippen molar-refractivity contribution in [3.8, 4) is 23.0 Å². The zero-order chi connectivity index (χ0) is 32.0. The predicted octanol–water partition coefficient (Wildman–Crippen LogP) is 5.08. The molecule has 4 aromatic rings. The van der Waals surface area contributed by atoms with Gasteiger partial charge >= 0.3 is 5.97 Å². The van der Waals surface area contributed by atoms with E-state index in [0.717, 1.165) is 16.7 Å². The van der Waals surface area contributed by atoms with Gasteiger partial charge in [-0.15, -0.1) is 0 Å². The summed E-state index contributed by atoms with van der Waals surface area (Å²) in [6, 6.07) is 29.3. The predicted molar refractivity (Wildman–Crippen MR) is 169 cm³/mol. The van der Waals surface area contributed by atoms with E-state index in [1.54, 1.807) is 57.6 Å². The molecule has 1 saturated heterocycles. The Balaban J connectivity index is 1.51. The molecule has 0 radical (unpaired) electrons. The minimum atomic E-state index is -1.34. The van der Waals surface area contributed by atoms with E-state index in [0.29, 0.717) is 28.6 Å². The first kappa shape index (κ1) is 31.8. The number of carbonyl (C=O) groups is 1. The van der Waals surface area contributed by atoms with Gasteiger partial charge in [-0.3, -0.25) is 9.69 Å². The topological polar surface area (TPSA) is 107 Å². The molecule has 1 aliphatic heterocycles. The van der Waals surface area contributed by atoms with Crippen LogP contribution < -0.4 is 18.9 Å². The summed E-state index contributed by atoms with van der Waals surface area (Å²) in [5.41, 5.74) is 0.768. The van der Waals surface area contributed by atoms with Crippen LogP contribution >= 0.6 is 0 Å². The molecule has 0 bridgehead atoms. The first-order chi connectivity index (χ1) is 21.8. The zero-order valence-electron chi connectivity index (χ0n) is 25.9. The number of aliphatic carboxylic acids is 1. The molecule has 1 aliphatic rings. The molecule has 1 fully saturated rings. The van der Waals surface area contributed by atoms with Crippen molar-refractivity contribution in [2.45, 2.75) is 23.7 Å². The van der Waals surface area contributed by atoms with Crippen molar-refractivity contribution in [1.82, 2.24) is 4.90 Å². The number of carboxylic acid groups (broad SMARTS) is 1. The summed E-state index contributed by atoms with van der Waals surface area (Å²) in [4.78, 5) is 14.2. The van der Waals surface area contributed by atoms with Crippen molar-refractivity contribution in [2.75, 3.05) is 48.1 Å². The highest BCUT2D eigenvalue weighted by Gasteiger charge is 2.47. The smallest absolute Gasteiger partial charge is 0.321 e. The van der Waals surface area contributed by atoms with Crippen molar-refractivity contribution < 1.29 is 38.7 Å². The van der Waals surface area contributed by atoms with Crippen molar-refractivity contribution in [2.24, 2.45) is 0 Å². The molecular weight excluding hydrogens is 574 g/mol.